The summed E-state index contributed by atoms with van der Waals surface area (Å²) < 4.78 is 0. The van der Waals surface area contributed by atoms with Crippen LogP contribution in [0.4, 0.5) is 0 Å². The zero-order valence-corrected chi connectivity index (χ0v) is 10.1. The SMILES string of the molecule is CCN1CCN(Cc2cnc(C(N)=O)[nH]2)CC1. The Morgan fingerprint density at radius 3 is 2.59 bits per heavy atom. The minimum absolute atomic E-state index is 0.243. The molecular weight excluding hydrogens is 218 g/mol. The Morgan fingerprint density at radius 2 is 2.06 bits per heavy atom. The molecule has 0 saturated carbocycles. The van der Waals surface area contributed by atoms with E-state index < -0.39 is 5.91 Å². The molecule has 0 spiro atoms. The number of aromatic nitrogens is 2. The molecule has 0 unspecified atom stereocenters. The second-order valence-corrected chi connectivity index (χ2v) is 4.33. The first-order valence-electron chi connectivity index (χ1n) is 5.97. The van der Waals surface area contributed by atoms with E-state index in [1.165, 1.54) is 0 Å². The van der Waals surface area contributed by atoms with Gasteiger partial charge in [0.1, 0.15) is 0 Å². The standard InChI is InChI=1S/C11H19N5O/c1-2-15-3-5-16(6-4-15)8-9-7-13-11(14-9)10(12)17/h7H,2-6,8H2,1H3,(H2,12,17)(H,13,14). The number of hydrogen-bond acceptors (Lipinski definition) is 4. The molecule has 0 aromatic carbocycles. The van der Waals surface area contributed by atoms with Gasteiger partial charge in [-0.3, -0.25) is 9.69 Å². The van der Waals surface area contributed by atoms with E-state index in [1.807, 2.05) is 0 Å². The van der Waals surface area contributed by atoms with Crippen LogP contribution in [-0.2, 0) is 6.54 Å². The molecule has 1 aromatic heterocycles. The number of carbonyl (C=O) groups is 1. The smallest absolute Gasteiger partial charge is 0.284 e. The van der Waals surface area contributed by atoms with Crippen molar-refractivity contribution < 1.29 is 4.79 Å². The molecule has 1 aliphatic heterocycles. The average Bonchev–Trinajstić information content (AvgIpc) is 2.79. The molecule has 1 fully saturated rings. The van der Waals surface area contributed by atoms with Gasteiger partial charge in [-0.15, -0.1) is 0 Å². The number of carbonyl (C=O) groups excluding carboxylic acids is 1. The van der Waals surface area contributed by atoms with Gasteiger partial charge in [-0.25, -0.2) is 4.98 Å². The molecule has 2 rings (SSSR count). The summed E-state index contributed by atoms with van der Waals surface area (Å²) in [6.07, 6.45) is 1.69. The summed E-state index contributed by atoms with van der Waals surface area (Å²) in [4.78, 5) is 22.6. The van der Waals surface area contributed by atoms with Crippen LogP contribution in [0.2, 0.25) is 0 Å². The highest BCUT2D eigenvalue weighted by Gasteiger charge is 2.16. The number of rotatable bonds is 4. The van der Waals surface area contributed by atoms with E-state index in [0.717, 1.165) is 45.0 Å². The van der Waals surface area contributed by atoms with E-state index in [4.69, 9.17) is 5.73 Å². The van der Waals surface area contributed by atoms with Crippen molar-refractivity contribution in [3.8, 4) is 0 Å². The summed E-state index contributed by atoms with van der Waals surface area (Å²) in [5, 5.41) is 0. The van der Waals surface area contributed by atoms with Crippen molar-refractivity contribution in [1.82, 2.24) is 19.8 Å². The second kappa shape index (κ2) is 5.29. The lowest BCUT2D eigenvalue weighted by Gasteiger charge is -2.33. The van der Waals surface area contributed by atoms with Crippen molar-refractivity contribution in [3.05, 3.63) is 17.7 Å². The summed E-state index contributed by atoms with van der Waals surface area (Å²) in [6, 6.07) is 0. The number of likely N-dealkylation sites (N-methyl/N-ethyl adjacent to an activating group) is 1. The largest absolute Gasteiger partial charge is 0.363 e. The lowest BCUT2D eigenvalue weighted by atomic mass is 10.3. The van der Waals surface area contributed by atoms with Crippen molar-refractivity contribution in [1.29, 1.82) is 0 Å². The van der Waals surface area contributed by atoms with Crippen molar-refractivity contribution in [2.45, 2.75) is 13.5 Å². The summed E-state index contributed by atoms with van der Waals surface area (Å²) in [5.74, 6) is -0.265. The van der Waals surface area contributed by atoms with Crippen LogP contribution in [0, 0.1) is 0 Å². The van der Waals surface area contributed by atoms with E-state index >= 15 is 0 Å². The number of nitrogens with two attached hydrogens (primary N) is 1. The number of piperazine rings is 1. The number of H-pyrrole nitrogens is 1. The summed E-state index contributed by atoms with van der Waals surface area (Å²) in [6.45, 7) is 8.42. The Hall–Kier alpha value is -1.40. The van der Waals surface area contributed by atoms with Gasteiger partial charge in [0.15, 0.2) is 5.82 Å². The fourth-order valence-corrected chi connectivity index (χ4v) is 2.07. The maximum Gasteiger partial charge on any atom is 0.284 e. The van der Waals surface area contributed by atoms with Gasteiger partial charge < -0.3 is 15.6 Å². The van der Waals surface area contributed by atoms with Crippen LogP contribution in [0.1, 0.15) is 23.2 Å². The van der Waals surface area contributed by atoms with E-state index in [1.54, 1.807) is 6.20 Å². The lowest BCUT2D eigenvalue weighted by molar-refractivity contribution is 0.0990. The molecule has 1 saturated heterocycles. The monoisotopic (exact) mass is 237 g/mol. The molecule has 6 nitrogen and oxygen atoms in total. The Morgan fingerprint density at radius 1 is 1.41 bits per heavy atom. The van der Waals surface area contributed by atoms with Crippen LogP contribution >= 0.6 is 0 Å². The molecule has 0 aliphatic carbocycles. The van der Waals surface area contributed by atoms with Crippen LogP contribution in [-0.4, -0.2) is 58.4 Å². The van der Waals surface area contributed by atoms with E-state index in [-0.39, 0.29) is 5.82 Å². The first-order valence-corrected chi connectivity index (χ1v) is 5.97. The van der Waals surface area contributed by atoms with Gasteiger partial charge in [0.25, 0.3) is 5.91 Å². The van der Waals surface area contributed by atoms with Crippen molar-refractivity contribution in [2.75, 3.05) is 32.7 Å². The first-order chi connectivity index (χ1) is 8.19. The normalized spacial score (nSPS) is 18.4. The van der Waals surface area contributed by atoms with Gasteiger partial charge in [-0.2, -0.15) is 0 Å². The minimum atomic E-state index is -0.507. The molecule has 1 amide bonds. The summed E-state index contributed by atoms with van der Waals surface area (Å²) in [7, 11) is 0. The quantitative estimate of drug-likeness (QED) is 0.750. The van der Waals surface area contributed by atoms with E-state index in [9.17, 15) is 4.79 Å². The second-order valence-electron chi connectivity index (χ2n) is 4.33. The number of nitrogens with zero attached hydrogens (tertiary/aromatic N) is 3. The molecule has 0 atom stereocenters. The Balaban J connectivity index is 1.86. The zero-order chi connectivity index (χ0) is 12.3. The molecule has 1 aromatic rings. The van der Waals surface area contributed by atoms with Gasteiger partial charge in [-0.05, 0) is 6.54 Å². The molecule has 0 bridgehead atoms. The minimum Gasteiger partial charge on any atom is -0.363 e. The van der Waals surface area contributed by atoms with E-state index in [0.29, 0.717) is 0 Å². The van der Waals surface area contributed by atoms with Gasteiger partial charge in [0.2, 0.25) is 0 Å². The Kier molecular flexibility index (Phi) is 3.75. The Bertz CT molecular complexity index is 381. The van der Waals surface area contributed by atoms with Crippen LogP contribution in [0.3, 0.4) is 0 Å². The van der Waals surface area contributed by atoms with Crippen LogP contribution in [0.15, 0.2) is 6.20 Å². The molecular formula is C11H19N5O. The summed E-state index contributed by atoms with van der Waals surface area (Å²) in [5.41, 5.74) is 6.09. The first kappa shape index (κ1) is 12.1. The van der Waals surface area contributed by atoms with Gasteiger partial charge in [0, 0.05) is 38.4 Å². The predicted molar refractivity (Wildman–Crippen MR) is 64.5 cm³/mol. The fourth-order valence-electron chi connectivity index (χ4n) is 2.07. The van der Waals surface area contributed by atoms with Crippen molar-refractivity contribution >= 4 is 5.91 Å². The molecule has 17 heavy (non-hydrogen) atoms. The topological polar surface area (TPSA) is 78.2 Å². The molecule has 0 radical (unpaired) electrons. The number of amides is 1. The third-order valence-electron chi connectivity index (χ3n) is 3.17. The third-order valence-corrected chi connectivity index (χ3v) is 3.17. The predicted octanol–water partition coefficient (Wildman–Crippen LogP) is -0.354. The summed E-state index contributed by atoms with van der Waals surface area (Å²) >= 11 is 0. The molecule has 2 heterocycles. The molecule has 1 aliphatic rings. The third kappa shape index (κ3) is 3.04. The maximum atomic E-state index is 10.9. The fraction of sp³-hybridized carbons (Fsp3) is 0.636. The molecule has 6 heteroatoms. The van der Waals surface area contributed by atoms with Crippen LogP contribution < -0.4 is 5.73 Å². The number of nitrogens with one attached hydrogen (secondary N) is 1. The average molecular weight is 237 g/mol. The highest BCUT2D eigenvalue weighted by molar-refractivity contribution is 5.88. The maximum absolute atomic E-state index is 10.9. The highest BCUT2D eigenvalue weighted by atomic mass is 16.1. The Labute approximate surface area is 101 Å². The van der Waals surface area contributed by atoms with Crippen molar-refractivity contribution in [2.24, 2.45) is 5.73 Å². The van der Waals surface area contributed by atoms with Gasteiger partial charge in [-0.1, -0.05) is 6.92 Å². The molecule has 94 valence electrons. The number of aromatic amines is 1. The number of hydrogen-bond donors (Lipinski definition) is 2. The number of primary amides is 1. The molecule has 3 N–H and O–H groups in total. The lowest BCUT2D eigenvalue weighted by Crippen LogP contribution is -2.45. The van der Waals surface area contributed by atoms with Crippen LogP contribution in [0.25, 0.3) is 0 Å². The highest BCUT2D eigenvalue weighted by Crippen LogP contribution is 2.06. The van der Waals surface area contributed by atoms with E-state index in [2.05, 4.69) is 26.7 Å². The zero-order valence-electron chi connectivity index (χ0n) is 10.1. The van der Waals surface area contributed by atoms with Crippen molar-refractivity contribution in [3.63, 3.8) is 0 Å². The number of imidazole rings is 1. The van der Waals surface area contributed by atoms with Crippen LogP contribution in [0.5, 0.6) is 0 Å². The van der Waals surface area contributed by atoms with Gasteiger partial charge in [0.05, 0.1) is 6.20 Å². The van der Waals surface area contributed by atoms with Gasteiger partial charge >= 0.3 is 0 Å².